The van der Waals surface area contributed by atoms with Crippen LogP contribution in [-0.2, 0) is 6.54 Å². The Morgan fingerprint density at radius 1 is 1.27 bits per heavy atom. The van der Waals surface area contributed by atoms with Crippen molar-refractivity contribution >= 4 is 0 Å². The Hall–Kier alpha value is -0.860. The Bertz CT molecular complexity index is 256. The molecular formula is C13H22N2. The fourth-order valence-electron chi connectivity index (χ4n) is 1.80. The third-order valence-corrected chi connectivity index (χ3v) is 2.34. The molecule has 0 aliphatic rings. The maximum Gasteiger partial charge on any atom is 0.0234 e. The van der Waals surface area contributed by atoms with Gasteiger partial charge in [-0.05, 0) is 25.5 Å². The zero-order valence-corrected chi connectivity index (χ0v) is 9.82. The molecule has 1 atom stereocenters. The van der Waals surface area contributed by atoms with Gasteiger partial charge in [-0.2, -0.15) is 0 Å². The van der Waals surface area contributed by atoms with Gasteiger partial charge in [0.2, 0.25) is 0 Å². The van der Waals surface area contributed by atoms with Crippen LogP contribution < -0.4 is 5.73 Å². The smallest absolute Gasteiger partial charge is 0.0234 e. The molecule has 0 aromatic heterocycles. The van der Waals surface area contributed by atoms with Crippen LogP contribution in [0.2, 0.25) is 0 Å². The Kier molecular flexibility index (Phi) is 5.37. The molecule has 0 aliphatic heterocycles. The number of hydrogen-bond acceptors (Lipinski definition) is 2. The standard InChI is InChI=1S/C13H22N2/c1-3-9-15(10-12(2)14)11-13-7-5-4-6-8-13/h4-8,12H,3,9-11,14H2,1-2H3/t12-/m1/s1. The van der Waals surface area contributed by atoms with Crippen molar-refractivity contribution in [3.8, 4) is 0 Å². The number of rotatable bonds is 6. The van der Waals surface area contributed by atoms with E-state index in [0.717, 1.165) is 19.6 Å². The van der Waals surface area contributed by atoms with E-state index < -0.39 is 0 Å². The second-order valence-corrected chi connectivity index (χ2v) is 4.20. The molecule has 2 heteroatoms. The summed E-state index contributed by atoms with van der Waals surface area (Å²) in [4.78, 5) is 2.42. The molecule has 0 saturated heterocycles. The largest absolute Gasteiger partial charge is 0.327 e. The molecule has 2 nitrogen and oxygen atoms in total. The summed E-state index contributed by atoms with van der Waals surface area (Å²) in [7, 11) is 0. The average Bonchev–Trinajstić information content (AvgIpc) is 2.18. The van der Waals surface area contributed by atoms with Gasteiger partial charge in [0.1, 0.15) is 0 Å². The molecule has 84 valence electrons. The first-order chi connectivity index (χ1) is 7.22. The molecule has 1 aromatic carbocycles. The fourth-order valence-corrected chi connectivity index (χ4v) is 1.80. The highest BCUT2D eigenvalue weighted by atomic mass is 15.1. The quantitative estimate of drug-likeness (QED) is 0.773. The average molecular weight is 206 g/mol. The van der Waals surface area contributed by atoms with E-state index in [1.807, 2.05) is 0 Å². The van der Waals surface area contributed by atoms with E-state index >= 15 is 0 Å². The monoisotopic (exact) mass is 206 g/mol. The van der Waals surface area contributed by atoms with Gasteiger partial charge in [0.05, 0.1) is 0 Å². The minimum Gasteiger partial charge on any atom is -0.327 e. The maximum absolute atomic E-state index is 5.84. The molecule has 0 unspecified atom stereocenters. The maximum atomic E-state index is 5.84. The minimum absolute atomic E-state index is 0.250. The lowest BCUT2D eigenvalue weighted by Crippen LogP contribution is -2.35. The summed E-state index contributed by atoms with van der Waals surface area (Å²) < 4.78 is 0. The van der Waals surface area contributed by atoms with Gasteiger partial charge in [-0.25, -0.2) is 0 Å². The molecule has 2 N–H and O–H groups in total. The highest BCUT2D eigenvalue weighted by Gasteiger charge is 2.06. The number of nitrogens with zero attached hydrogens (tertiary/aromatic N) is 1. The lowest BCUT2D eigenvalue weighted by molar-refractivity contribution is 0.253. The molecule has 0 saturated carbocycles. The topological polar surface area (TPSA) is 29.3 Å². The molecule has 0 fully saturated rings. The molecule has 1 rings (SSSR count). The first-order valence-corrected chi connectivity index (χ1v) is 5.74. The van der Waals surface area contributed by atoms with Crippen molar-refractivity contribution < 1.29 is 0 Å². The predicted molar refractivity (Wildman–Crippen MR) is 65.7 cm³/mol. The molecule has 15 heavy (non-hydrogen) atoms. The third kappa shape index (κ3) is 4.96. The first kappa shape index (κ1) is 12.2. The van der Waals surface area contributed by atoms with Crippen LogP contribution in [0.5, 0.6) is 0 Å². The van der Waals surface area contributed by atoms with Gasteiger partial charge in [-0.3, -0.25) is 4.90 Å². The van der Waals surface area contributed by atoms with Gasteiger partial charge < -0.3 is 5.73 Å². The van der Waals surface area contributed by atoms with Crippen LogP contribution >= 0.6 is 0 Å². The molecular weight excluding hydrogens is 184 g/mol. The Labute approximate surface area is 93.1 Å². The van der Waals surface area contributed by atoms with E-state index in [9.17, 15) is 0 Å². The van der Waals surface area contributed by atoms with Crippen LogP contribution in [0.4, 0.5) is 0 Å². The van der Waals surface area contributed by atoms with Gasteiger partial charge in [-0.1, -0.05) is 37.3 Å². The predicted octanol–water partition coefficient (Wildman–Crippen LogP) is 2.25. The van der Waals surface area contributed by atoms with E-state index in [2.05, 4.69) is 49.1 Å². The van der Waals surface area contributed by atoms with Crippen molar-refractivity contribution in [3.05, 3.63) is 35.9 Å². The van der Waals surface area contributed by atoms with Crippen LogP contribution in [0.3, 0.4) is 0 Å². The van der Waals surface area contributed by atoms with Gasteiger partial charge in [0.15, 0.2) is 0 Å². The second kappa shape index (κ2) is 6.59. The lowest BCUT2D eigenvalue weighted by Gasteiger charge is -2.23. The zero-order valence-electron chi connectivity index (χ0n) is 9.82. The van der Waals surface area contributed by atoms with Crippen molar-refractivity contribution in [1.82, 2.24) is 4.90 Å². The van der Waals surface area contributed by atoms with Crippen LogP contribution in [0, 0.1) is 0 Å². The van der Waals surface area contributed by atoms with Crippen molar-refractivity contribution in [2.24, 2.45) is 5.73 Å². The Morgan fingerprint density at radius 3 is 2.47 bits per heavy atom. The van der Waals surface area contributed by atoms with E-state index in [1.54, 1.807) is 0 Å². The van der Waals surface area contributed by atoms with Gasteiger partial charge >= 0.3 is 0 Å². The van der Waals surface area contributed by atoms with Gasteiger partial charge in [-0.15, -0.1) is 0 Å². The number of hydrogen-bond donors (Lipinski definition) is 1. The summed E-state index contributed by atoms with van der Waals surface area (Å²) >= 11 is 0. The van der Waals surface area contributed by atoms with E-state index in [0.29, 0.717) is 0 Å². The van der Waals surface area contributed by atoms with Crippen molar-refractivity contribution in [1.29, 1.82) is 0 Å². The molecule has 0 radical (unpaired) electrons. The summed E-state index contributed by atoms with van der Waals surface area (Å²) in [6, 6.07) is 10.8. The summed E-state index contributed by atoms with van der Waals surface area (Å²) in [6.45, 7) is 7.38. The first-order valence-electron chi connectivity index (χ1n) is 5.74. The summed E-state index contributed by atoms with van der Waals surface area (Å²) in [5, 5.41) is 0. The third-order valence-electron chi connectivity index (χ3n) is 2.34. The summed E-state index contributed by atoms with van der Waals surface area (Å²) in [5.41, 5.74) is 7.20. The highest BCUT2D eigenvalue weighted by Crippen LogP contribution is 2.05. The highest BCUT2D eigenvalue weighted by molar-refractivity contribution is 5.14. The molecule has 0 aliphatic carbocycles. The van der Waals surface area contributed by atoms with Crippen LogP contribution in [0.15, 0.2) is 30.3 Å². The minimum atomic E-state index is 0.250. The van der Waals surface area contributed by atoms with Crippen LogP contribution in [0.1, 0.15) is 25.8 Å². The Balaban J connectivity index is 2.50. The number of benzene rings is 1. The van der Waals surface area contributed by atoms with Crippen LogP contribution in [0.25, 0.3) is 0 Å². The van der Waals surface area contributed by atoms with Crippen LogP contribution in [-0.4, -0.2) is 24.0 Å². The molecule has 0 spiro atoms. The van der Waals surface area contributed by atoms with Crippen molar-refractivity contribution in [2.75, 3.05) is 13.1 Å². The summed E-state index contributed by atoms with van der Waals surface area (Å²) in [6.07, 6.45) is 1.18. The zero-order chi connectivity index (χ0) is 11.1. The fraction of sp³-hybridized carbons (Fsp3) is 0.538. The lowest BCUT2D eigenvalue weighted by atomic mass is 10.2. The van der Waals surface area contributed by atoms with Crippen molar-refractivity contribution in [2.45, 2.75) is 32.9 Å². The van der Waals surface area contributed by atoms with Crippen molar-refractivity contribution in [3.63, 3.8) is 0 Å². The second-order valence-electron chi connectivity index (χ2n) is 4.20. The van der Waals surface area contributed by atoms with E-state index in [-0.39, 0.29) is 6.04 Å². The Morgan fingerprint density at radius 2 is 1.93 bits per heavy atom. The van der Waals surface area contributed by atoms with E-state index in [1.165, 1.54) is 12.0 Å². The van der Waals surface area contributed by atoms with E-state index in [4.69, 9.17) is 5.73 Å². The molecule has 0 heterocycles. The normalized spacial score (nSPS) is 13.1. The molecule has 0 amide bonds. The van der Waals surface area contributed by atoms with Gasteiger partial charge in [0, 0.05) is 19.1 Å². The van der Waals surface area contributed by atoms with Gasteiger partial charge in [0.25, 0.3) is 0 Å². The molecule has 0 bridgehead atoms. The molecule has 1 aromatic rings. The number of nitrogens with two attached hydrogens (primary N) is 1. The summed E-state index contributed by atoms with van der Waals surface area (Å²) in [5.74, 6) is 0. The SMILES string of the molecule is CCCN(Cc1ccccc1)C[C@@H](C)N.